The van der Waals surface area contributed by atoms with Gasteiger partial charge in [0.1, 0.15) is 5.82 Å². The molecule has 1 N–H and O–H groups in total. The number of hydrogen-bond acceptors (Lipinski definition) is 2. The first-order valence-corrected chi connectivity index (χ1v) is 13.6. The molecule has 0 saturated heterocycles. The molecule has 3 aromatic carbocycles. The van der Waals surface area contributed by atoms with Crippen LogP contribution in [0.2, 0.25) is 5.02 Å². The first-order valence-electron chi connectivity index (χ1n) is 13.2. The van der Waals surface area contributed by atoms with Crippen LogP contribution < -0.4 is 5.32 Å². The van der Waals surface area contributed by atoms with Crippen LogP contribution in [-0.2, 0) is 13.0 Å². The summed E-state index contributed by atoms with van der Waals surface area (Å²) in [5.41, 5.74) is 7.81. The average molecular weight is 536 g/mol. The highest BCUT2D eigenvalue weighted by atomic mass is 35.5. The van der Waals surface area contributed by atoms with E-state index in [0.717, 1.165) is 46.0 Å². The Morgan fingerprint density at radius 1 is 1.00 bits per heavy atom. The van der Waals surface area contributed by atoms with Crippen LogP contribution in [0.25, 0.3) is 11.5 Å². The Morgan fingerprint density at radius 3 is 2.49 bits per heavy atom. The molecule has 6 nitrogen and oxygen atoms in total. The quantitative estimate of drug-likeness (QED) is 0.257. The van der Waals surface area contributed by atoms with Crippen molar-refractivity contribution in [2.24, 2.45) is 0 Å². The number of anilines is 1. The Kier molecular flexibility index (Phi) is 6.49. The number of rotatable bonds is 4. The number of benzene rings is 3. The third-order valence-corrected chi connectivity index (χ3v) is 7.79. The van der Waals surface area contributed by atoms with E-state index in [-0.39, 0.29) is 12.1 Å². The van der Waals surface area contributed by atoms with Gasteiger partial charge in [0, 0.05) is 22.5 Å². The molecule has 0 aliphatic carbocycles. The van der Waals surface area contributed by atoms with Crippen LogP contribution in [-0.4, -0.2) is 25.3 Å². The van der Waals surface area contributed by atoms with Gasteiger partial charge in [-0.3, -0.25) is 0 Å². The number of hydrogen-bond donors (Lipinski definition) is 1. The van der Waals surface area contributed by atoms with Crippen molar-refractivity contribution in [2.75, 3.05) is 5.32 Å². The van der Waals surface area contributed by atoms with Crippen molar-refractivity contribution in [3.8, 4) is 11.5 Å². The van der Waals surface area contributed by atoms with Crippen molar-refractivity contribution in [1.82, 2.24) is 19.2 Å². The molecule has 0 spiro atoms. The van der Waals surface area contributed by atoms with Gasteiger partial charge < -0.3 is 14.8 Å². The highest BCUT2D eigenvalue weighted by Crippen LogP contribution is 2.39. The Hall–Kier alpha value is -4.29. The van der Waals surface area contributed by atoms with E-state index in [4.69, 9.17) is 16.7 Å². The molecule has 6 rings (SSSR count). The van der Waals surface area contributed by atoms with Crippen molar-refractivity contribution < 1.29 is 4.79 Å². The van der Waals surface area contributed by atoms with Gasteiger partial charge in [-0.2, -0.15) is 5.10 Å². The molecule has 1 aliphatic rings. The van der Waals surface area contributed by atoms with E-state index in [1.54, 1.807) is 6.07 Å². The highest BCUT2D eigenvalue weighted by molar-refractivity contribution is 6.31. The Labute approximate surface area is 233 Å². The molecule has 196 valence electrons. The van der Waals surface area contributed by atoms with Gasteiger partial charge in [-0.05, 0) is 67.8 Å². The number of amides is 2. The maximum Gasteiger partial charge on any atom is 0.322 e. The molecule has 2 amide bonds. The van der Waals surface area contributed by atoms with E-state index in [1.165, 1.54) is 5.56 Å². The van der Waals surface area contributed by atoms with E-state index < -0.39 is 0 Å². The molecule has 3 heterocycles. The second-order valence-corrected chi connectivity index (χ2v) is 10.4. The molecule has 0 fully saturated rings. The summed E-state index contributed by atoms with van der Waals surface area (Å²) in [4.78, 5) is 16.0. The number of carbonyl (C=O) groups is 1. The summed E-state index contributed by atoms with van der Waals surface area (Å²) in [7, 11) is 0. The highest BCUT2D eigenvalue weighted by Gasteiger charge is 2.36. The topological polar surface area (TPSA) is 55.1 Å². The standard InChI is InChI=1S/C32H30ClN5O/c1-4-28-26-20-37(32(39)34-24-17-14-22(3)27(33)19-24)30(23-15-12-21(2)13-16-23)29-11-8-18-36(29)31(26)38(35-28)25-9-6-5-7-10-25/h5-19,30H,4,20H2,1-3H3,(H,34,39)/t30-/m0/s1. The lowest BCUT2D eigenvalue weighted by molar-refractivity contribution is 0.194. The predicted molar refractivity (Wildman–Crippen MR) is 156 cm³/mol. The van der Waals surface area contributed by atoms with E-state index in [9.17, 15) is 4.79 Å². The van der Waals surface area contributed by atoms with Gasteiger partial charge in [-0.15, -0.1) is 0 Å². The summed E-state index contributed by atoms with van der Waals surface area (Å²) in [6, 6.07) is 27.8. The molecule has 1 atom stereocenters. The zero-order chi connectivity index (χ0) is 27.1. The summed E-state index contributed by atoms with van der Waals surface area (Å²) < 4.78 is 4.19. The normalized spacial score (nSPS) is 14.5. The van der Waals surface area contributed by atoms with Gasteiger partial charge in [0.05, 0.1) is 29.7 Å². The first-order chi connectivity index (χ1) is 18.9. The third-order valence-electron chi connectivity index (χ3n) is 7.38. The maximum atomic E-state index is 14.1. The summed E-state index contributed by atoms with van der Waals surface area (Å²) in [6.07, 6.45) is 2.81. The van der Waals surface area contributed by atoms with Crippen LogP contribution in [0.3, 0.4) is 0 Å². The number of aromatic nitrogens is 3. The van der Waals surface area contributed by atoms with Gasteiger partial charge in [-0.25, -0.2) is 9.48 Å². The van der Waals surface area contributed by atoms with Crippen LogP contribution in [0.5, 0.6) is 0 Å². The fraction of sp³-hybridized carbons (Fsp3) is 0.188. The van der Waals surface area contributed by atoms with Crippen molar-refractivity contribution in [3.05, 3.63) is 130 Å². The van der Waals surface area contributed by atoms with E-state index in [0.29, 0.717) is 17.3 Å². The van der Waals surface area contributed by atoms with Crippen molar-refractivity contribution in [1.29, 1.82) is 0 Å². The molecule has 0 bridgehead atoms. The molecular weight excluding hydrogens is 506 g/mol. The zero-order valence-corrected chi connectivity index (χ0v) is 23.0. The lowest BCUT2D eigenvalue weighted by Crippen LogP contribution is -2.38. The molecule has 39 heavy (non-hydrogen) atoms. The van der Waals surface area contributed by atoms with Crippen LogP contribution >= 0.6 is 11.6 Å². The number of urea groups is 1. The minimum Gasteiger partial charge on any atom is -0.308 e. The monoisotopic (exact) mass is 535 g/mol. The first kappa shape index (κ1) is 25.0. The lowest BCUT2D eigenvalue weighted by Gasteiger charge is -2.31. The molecular formula is C32H30ClN5O. The number of carbonyl (C=O) groups excluding carboxylic acids is 1. The number of nitrogens with one attached hydrogen (secondary N) is 1. The Bertz CT molecular complexity index is 1650. The fourth-order valence-electron chi connectivity index (χ4n) is 5.31. The molecule has 7 heteroatoms. The summed E-state index contributed by atoms with van der Waals surface area (Å²) in [6.45, 7) is 6.53. The third kappa shape index (κ3) is 4.51. The molecule has 0 unspecified atom stereocenters. The van der Waals surface area contributed by atoms with Gasteiger partial charge in [0.25, 0.3) is 0 Å². The zero-order valence-electron chi connectivity index (χ0n) is 22.2. The van der Waals surface area contributed by atoms with Crippen LogP contribution in [0, 0.1) is 13.8 Å². The minimum atomic E-state index is -0.317. The second-order valence-electron chi connectivity index (χ2n) is 9.99. The summed E-state index contributed by atoms with van der Waals surface area (Å²) >= 11 is 6.39. The summed E-state index contributed by atoms with van der Waals surface area (Å²) in [5, 5.41) is 8.76. The molecule has 0 saturated carbocycles. The predicted octanol–water partition coefficient (Wildman–Crippen LogP) is 7.63. The maximum absolute atomic E-state index is 14.1. The largest absolute Gasteiger partial charge is 0.322 e. The van der Waals surface area contributed by atoms with Crippen LogP contribution in [0.15, 0.2) is 91.1 Å². The van der Waals surface area contributed by atoms with Crippen molar-refractivity contribution in [2.45, 2.75) is 39.8 Å². The average Bonchev–Trinajstić information content (AvgIpc) is 3.53. The van der Waals surface area contributed by atoms with Gasteiger partial charge in [-0.1, -0.05) is 72.6 Å². The van der Waals surface area contributed by atoms with Crippen molar-refractivity contribution in [3.63, 3.8) is 0 Å². The lowest BCUT2D eigenvalue weighted by atomic mass is 10.0. The molecule has 0 radical (unpaired) electrons. The number of nitrogens with zero attached hydrogens (tertiary/aromatic N) is 4. The fourth-order valence-corrected chi connectivity index (χ4v) is 5.49. The molecule has 2 aromatic heterocycles. The Balaban J connectivity index is 1.54. The summed E-state index contributed by atoms with van der Waals surface area (Å²) in [5.74, 6) is 0.962. The smallest absolute Gasteiger partial charge is 0.308 e. The minimum absolute atomic E-state index is 0.199. The van der Waals surface area contributed by atoms with E-state index in [1.807, 2.05) is 52.9 Å². The number of halogens is 1. The van der Waals surface area contributed by atoms with E-state index >= 15 is 0 Å². The molecule has 5 aromatic rings. The van der Waals surface area contributed by atoms with Crippen LogP contribution in [0.4, 0.5) is 10.5 Å². The number of aryl methyl sites for hydroxylation is 3. The Morgan fingerprint density at radius 2 is 1.77 bits per heavy atom. The van der Waals surface area contributed by atoms with Crippen molar-refractivity contribution >= 4 is 23.3 Å². The van der Waals surface area contributed by atoms with Crippen LogP contribution in [0.1, 0.15) is 46.6 Å². The van der Waals surface area contributed by atoms with Gasteiger partial charge in [0.2, 0.25) is 0 Å². The number of para-hydroxylation sites is 1. The van der Waals surface area contributed by atoms with E-state index in [2.05, 4.69) is 72.4 Å². The SMILES string of the molecule is CCc1nn(-c2ccccc2)c2c1CN(C(=O)Nc1ccc(C)c(Cl)c1)[C@@H](c1ccc(C)cc1)c1cccn1-2. The second kappa shape index (κ2) is 10.1. The molecule has 1 aliphatic heterocycles. The van der Waals surface area contributed by atoms with Gasteiger partial charge >= 0.3 is 6.03 Å². The number of fused-ring (bicyclic) bond motifs is 3. The van der Waals surface area contributed by atoms with Gasteiger partial charge in [0.15, 0.2) is 0 Å².